The van der Waals surface area contributed by atoms with Gasteiger partial charge in [-0.25, -0.2) is 4.98 Å². The maximum absolute atomic E-state index is 12.1. The van der Waals surface area contributed by atoms with E-state index in [1.807, 2.05) is 30.5 Å². The Bertz CT molecular complexity index is 696. The molecule has 138 valence electrons. The van der Waals surface area contributed by atoms with Crippen molar-refractivity contribution in [3.8, 4) is 0 Å². The summed E-state index contributed by atoms with van der Waals surface area (Å²) in [6, 6.07) is 9.59. The van der Waals surface area contributed by atoms with Gasteiger partial charge in [-0.15, -0.1) is 10.2 Å². The van der Waals surface area contributed by atoms with E-state index in [0.29, 0.717) is 18.2 Å². The third kappa shape index (κ3) is 4.68. The SMILES string of the molecule is CC(C)CCNC(=O)c1ccc(N2CCN(c3ccccn3)CC2)nn1. The van der Waals surface area contributed by atoms with E-state index in [4.69, 9.17) is 0 Å². The number of pyridine rings is 1. The third-order valence-corrected chi connectivity index (χ3v) is 4.47. The van der Waals surface area contributed by atoms with E-state index in [1.54, 1.807) is 6.07 Å². The van der Waals surface area contributed by atoms with Crippen molar-refractivity contribution < 1.29 is 4.79 Å². The minimum atomic E-state index is -0.162. The van der Waals surface area contributed by atoms with Gasteiger partial charge >= 0.3 is 0 Å². The molecule has 1 saturated heterocycles. The number of nitrogens with one attached hydrogen (secondary N) is 1. The number of hydrogen-bond donors (Lipinski definition) is 1. The van der Waals surface area contributed by atoms with Gasteiger partial charge in [0.05, 0.1) is 0 Å². The molecule has 1 fully saturated rings. The van der Waals surface area contributed by atoms with E-state index in [9.17, 15) is 4.79 Å². The largest absolute Gasteiger partial charge is 0.353 e. The number of carbonyl (C=O) groups is 1. The van der Waals surface area contributed by atoms with Crippen molar-refractivity contribution in [1.29, 1.82) is 0 Å². The van der Waals surface area contributed by atoms with Crippen LogP contribution in [0.3, 0.4) is 0 Å². The number of hydrogen-bond acceptors (Lipinski definition) is 6. The first kappa shape index (κ1) is 18.1. The first-order valence-electron chi connectivity index (χ1n) is 9.16. The van der Waals surface area contributed by atoms with Crippen LogP contribution < -0.4 is 15.1 Å². The molecule has 0 atom stereocenters. The smallest absolute Gasteiger partial charge is 0.271 e. The number of amides is 1. The zero-order valence-corrected chi connectivity index (χ0v) is 15.4. The van der Waals surface area contributed by atoms with Crippen LogP contribution in [0.4, 0.5) is 11.6 Å². The average molecular weight is 354 g/mol. The Labute approximate surface area is 154 Å². The predicted molar refractivity (Wildman–Crippen MR) is 102 cm³/mol. The van der Waals surface area contributed by atoms with Gasteiger partial charge in [0.2, 0.25) is 0 Å². The van der Waals surface area contributed by atoms with Gasteiger partial charge in [0.25, 0.3) is 5.91 Å². The Morgan fingerprint density at radius 1 is 1.04 bits per heavy atom. The highest BCUT2D eigenvalue weighted by Gasteiger charge is 2.19. The molecule has 2 aromatic rings. The topological polar surface area (TPSA) is 74.2 Å². The Morgan fingerprint density at radius 2 is 1.77 bits per heavy atom. The minimum absolute atomic E-state index is 0.162. The summed E-state index contributed by atoms with van der Waals surface area (Å²) in [4.78, 5) is 20.9. The van der Waals surface area contributed by atoms with Crippen LogP contribution in [0.25, 0.3) is 0 Å². The summed E-state index contributed by atoms with van der Waals surface area (Å²) in [5.74, 6) is 2.22. The Balaban J connectivity index is 1.52. The monoisotopic (exact) mass is 354 g/mol. The van der Waals surface area contributed by atoms with Crippen LogP contribution in [-0.4, -0.2) is 53.8 Å². The molecule has 0 unspecified atom stereocenters. The van der Waals surface area contributed by atoms with Crippen LogP contribution in [0.5, 0.6) is 0 Å². The lowest BCUT2D eigenvalue weighted by molar-refractivity contribution is 0.0946. The molecule has 1 aliphatic rings. The highest BCUT2D eigenvalue weighted by atomic mass is 16.1. The predicted octanol–water partition coefficient (Wildman–Crippen LogP) is 1.97. The molecule has 7 nitrogen and oxygen atoms in total. The van der Waals surface area contributed by atoms with E-state index in [1.165, 1.54) is 0 Å². The summed E-state index contributed by atoms with van der Waals surface area (Å²) in [6.45, 7) is 8.40. The maximum Gasteiger partial charge on any atom is 0.271 e. The highest BCUT2D eigenvalue weighted by Crippen LogP contribution is 2.16. The second kappa shape index (κ2) is 8.60. The summed E-state index contributed by atoms with van der Waals surface area (Å²) in [7, 11) is 0. The standard InChI is InChI=1S/C19H26N6O/c1-15(2)8-10-21-19(26)16-6-7-18(23-22-16)25-13-11-24(12-14-25)17-5-3-4-9-20-17/h3-7,9,15H,8,10-14H2,1-2H3,(H,21,26). The number of carbonyl (C=O) groups excluding carboxylic acids is 1. The van der Waals surface area contributed by atoms with Gasteiger partial charge in [-0.05, 0) is 36.6 Å². The fourth-order valence-corrected chi connectivity index (χ4v) is 2.89. The van der Waals surface area contributed by atoms with E-state index >= 15 is 0 Å². The molecule has 7 heteroatoms. The minimum Gasteiger partial charge on any atom is -0.353 e. The van der Waals surface area contributed by atoms with Gasteiger partial charge in [0.1, 0.15) is 5.82 Å². The lowest BCUT2D eigenvalue weighted by Gasteiger charge is -2.35. The molecule has 1 amide bonds. The molecule has 0 radical (unpaired) electrons. The van der Waals surface area contributed by atoms with Crippen LogP contribution in [0.2, 0.25) is 0 Å². The van der Waals surface area contributed by atoms with Crippen molar-refractivity contribution in [3.05, 3.63) is 42.2 Å². The van der Waals surface area contributed by atoms with Gasteiger partial charge in [-0.1, -0.05) is 19.9 Å². The highest BCUT2D eigenvalue weighted by molar-refractivity contribution is 5.92. The van der Waals surface area contributed by atoms with Crippen molar-refractivity contribution in [3.63, 3.8) is 0 Å². The number of aromatic nitrogens is 3. The fourth-order valence-electron chi connectivity index (χ4n) is 2.89. The summed E-state index contributed by atoms with van der Waals surface area (Å²) >= 11 is 0. The normalized spacial score (nSPS) is 14.6. The first-order valence-corrected chi connectivity index (χ1v) is 9.16. The van der Waals surface area contributed by atoms with Crippen molar-refractivity contribution in [2.75, 3.05) is 42.5 Å². The van der Waals surface area contributed by atoms with Gasteiger partial charge in [-0.3, -0.25) is 4.79 Å². The molecular formula is C19H26N6O. The molecule has 0 spiro atoms. The van der Waals surface area contributed by atoms with E-state index in [-0.39, 0.29) is 5.91 Å². The molecule has 0 bridgehead atoms. The second-order valence-electron chi connectivity index (χ2n) is 6.88. The zero-order chi connectivity index (χ0) is 18.4. The maximum atomic E-state index is 12.1. The average Bonchev–Trinajstić information content (AvgIpc) is 2.68. The van der Waals surface area contributed by atoms with Gasteiger partial charge in [-0.2, -0.15) is 0 Å². The van der Waals surface area contributed by atoms with Crippen LogP contribution in [0.1, 0.15) is 30.8 Å². The third-order valence-electron chi connectivity index (χ3n) is 4.47. The van der Waals surface area contributed by atoms with Gasteiger partial charge in [0.15, 0.2) is 11.5 Å². The zero-order valence-electron chi connectivity index (χ0n) is 15.4. The molecule has 1 aliphatic heterocycles. The van der Waals surface area contributed by atoms with Crippen LogP contribution >= 0.6 is 0 Å². The summed E-state index contributed by atoms with van der Waals surface area (Å²) < 4.78 is 0. The van der Waals surface area contributed by atoms with Crippen LogP contribution in [-0.2, 0) is 0 Å². The van der Waals surface area contributed by atoms with Crippen molar-refractivity contribution >= 4 is 17.5 Å². The lowest BCUT2D eigenvalue weighted by atomic mass is 10.1. The molecule has 1 N–H and O–H groups in total. The molecule has 26 heavy (non-hydrogen) atoms. The van der Waals surface area contributed by atoms with Crippen molar-refractivity contribution in [1.82, 2.24) is 20.5 Å². The molecule has 3 rings (SSSR count). The Kier molecular flexibility index (Phi) is 5.99. The quantitative estimate of drug-likeness (QED) is 0.855. The Morgan fingerprint density at radius 3 is 2.35 bits per heavy atom. The van der Waals surface area contributed by atoms with Crippen LogP contribution in [0.15, 0.2) is 36.5 Å². The number of piperazine rings is 1. The summed E-state index contributed by atoms with van der Waals surface area (Å²) in [5, 5.41) is 11.2. The fraction of sp³-hybridized carbons (Fsp3) is 0.474. The number of rotatable bonds is 6. The number of nitrogens with zero attached hydrogens (tertiary/aromatic N) is 5. The van der Waals surface area contributed by atoms with E-state index < -0.39 is 0 Å². The molecule has 0 aromatic carbocycles. The lowest BCUT2D eigenvalue weighted by Crippen LogP contribution is -2.47. The Hall–Kier alpha value is -2.70. The second-order valence-corrected chi connectivity index (χ2v) is 6.88. The number of anilines is 2. The molecule has 2 aromatic heterocycles. The first-order chi connectivity index (χ1) is 12.6. The molecule has 0 aliphatic carbocycles. The molecule has 0 saturated carbocycles. The van der Waals surface area contributed by atoms with Gasteiger partial charge < -0.3 is 15.1 Å². The molecular weight excluding hydrogens is 328 g/mol. The van der Waals surface area contributed by atoms with Crippen molar-refractivity contribution in [2.45, 2.75) is 20.3 Å². The van der Waals surface area contributed by atoms with E-state index in [0.717, 1.165) is 44.2 Å². The summed E-state index contributed by atoms with van der Waals surface area (Å²) in [5.41, 5.74) is 0.365. The van der Waals surface area contributed by atoms with Crippen LogP contribution in [0, 0.1) is 5.92 Å². The van der Waals surface area contributed by atoms with E-state index in [2.05, 4.69) is 44.1 Å². The van der Waals surface area contributed by atoms with Crippen molar-refractivity contribution in [2.24, 2.45) is 5.92 Å². The molecule has 3 heterocycles. The van der Waals surface area contributed by atoms with Gasteiger partial charge in [0, 0.05) is 38.9 Å². The summed E-state index contributed by atoms with van der Waals surface area (Å²) in [6.07, 6.45) is 2.77.